The highest BCUT2D eigenvalue weighted by Gasteiger charge is 2.32. The fourth-order valence-electron chi connectivity index (χ4n) is 3.51. The zero-order chi connectivity index (χ0) is 21.3. The SMILES string of the molecule is C=CCN1C(=O)/C(=C/c2c(NC[C@H]3CCCO3)nc3c(C)cccn3c2=O)SC1=S. The minimum absolute atomic E-state index is 0.0840. The highest BCUT2D eigenvalue weighted by molar-refractivity contribution is 8.26. The fraction of sp³-hybridized carbons (Fsp3) is 0.333. The van der Waals surface area contributed by atoms with Crippen LogP contribution in [0.15, 0.2) is 40.7 Å². The summed E-state index contributed by atoms with van der Waals surface area (Å²) in [6.45, 7) is 7.21. The van der Waals surface area contributed by atoms with Crippen molar-refractivity contribution in [2.45, 2.75) is 25.9 Å². The zero-order valence-electron chi connectivity index (χ0n) is 16.6. The number of carbonyl (C=O) groups is 1. The molecule has 2 aromatic rings. The van der Waals surface area contributed by atoms with Crippen molar-refractivity contribution in [1.29, 1.82) is 0 Å². The summed E-state index contributed by atoms with van der Waals surface area (Å²) in [5, 5.41) is 3.27. The molecule has 0 spiro atoms. The van der Waals surface area contributed by atoms with Gasteiger partial charge in [0, 0.05) is 25.9 Å². The van der Waals surface area contributed by atoms with Crippen LogP contribution in [-0.2, 0) is 9.53 Å². The number of amides is 1. The second kappa shape index (κ2) is 8.71. The van der Waals surface area contributed by atoms with Crippen LogP contribution in [0.1, 0.15) is 24.0 Å². The molecule has 2 aliphatic rings. The van der Waals surface area contributed by atoms with E-state index in [1.54, 1.807) is 24.4 Å². The number of thiocarbonyl (C=S) groups is 1. The first kappa shape index (κ1) is 20.8. The first-order chi connectivity index (χ1) is 14.5. The van der Waals surface area contributed by atoms with Crippen LogP contribution in [0.2, 0.25) is 0 Å². The summed E-state index contributed by atoms with van der Waals surface area (Å²) in [6, 6.07) is 3.71. The minimum atomic E-state index is -0.243. The molecule has 9 heteroatoms. The average molecular weight is 443 g/mol. The molecule has 0 bridgehead atoms. The Morgan fingerprint density at radius 2 is 2.30 bits per heavy atom. The number of nitrogens with one attached hydrogen (secondary N) is 1. The normalized spacial score (nSPS) is 20.5. The fourth-order valence-corrected chi connectivity index (χ4v) is 4.77. The molecule has 1 atom stereocenters. The molecule has 0 aliphatic carbocycles. The van der Waals surface area contributed by atoms with Crippen LogP contribution in [0, 0.1) is 6.92 Å². The van der Waals surface area contributed by atoms with E-state index in [2.05, 4.69) is 11.9 Å². The third-order valence-electron chi connectivity index (χ3n) is 5.07. The maximum atomic E-state index is 13.3. The van der Waals surface area contributed by atoms with Crippen molar-refractivity contribution in [2.75, 3.05) is 25.0 Å². The molecule has 4 heterocycles. The molecule has 4 rings (SSSR count). The molecular weight excluding hydrogens is 420 g/mol. The molecule has 7 nitrogen and oxygen atoms in total. The summed E-state index contributed by atoms with van der Waals surface area (Å²) >= 11 is 6.49. The average Bonchev–Trinajstić information content (AvgIpc) is 3.34. The van der Waals surface area contributed by atoms with Crippen molar-refractivity contribution in [3.05, 3.63) is 57.4 Å². The summed E-state index contributed by atoms with van der Waals surface area (Å²) in [7, 11) is 0. The number of carbonyl (C=O) groups excluding carboxylic acids is 1. The maximum absolute atomic E-state index is 13.3. The van der Waals surface area contributed by atoms with Gasteiger partial charge in [-0.1, -0.05) is 36.1 Å². The van der Waals surface area contributed by atoms with Crippen LogP contribution in [0.25, 0.3) is 11.7 Å². The van der Waals surface area contributed by atoms with Crippen LogP contribution in [0.3, 0.4) is 0 Å². The van der Waals surface area contributed by atoms with Gasteiger partial charge in [-0.3, -0.25) is 18.9 Å². The number of rotatable bonds is 6. The molecular formula is C21H22N4O3S2. The molecule has 2 fully saturated rings. The molecule has 156 valence electrons. The number of hydrogen-bond donors (Lipinski definition) is 1. The van der Waals surface area contributed by atoms with Crippen LogP contribution < -0.4 is 10.9 Å². The van der Waals surface area contributed by atoms with Gasteiger partial charge in [0.1, 0.15) is 15.8 Å². The molecule has 2 aromatic heterocycles. The van der Waals surface area contributed by atoms with Gasteiger partial charge < -0.3 is 10.1 Å². The van der Waals surface area contributed by atoms with E-state index in [9.17, 15) is 9.59 Å². The zero-order valence-corrected chi connectivity index (χ0v) is 18.2. The smallest absolute Gasteiger partial charge is 0.267 e. The van der Waals surface area contributed by atoms with E-state index in [0.717, 1.165) is 25.0 Å². The van der Waals surface area contributed by atoms with E-state index in [0.29, 0.717) is 39.3 Å². The number of aromatic nitrogens is 2. The first-order valence-corrected chi connectivity index (χ1v) is 11.0. The van der Waals surface area contributed by atoms with Crippen LogP contribution in [0.5, 0.6) is 0 Å². The number of pyridine rings is 1. The Morgan fingerprint density at radius 3 is 3.03 bits per heavy atom. The van der Waals surface area contributed by atoms with E-state index < -0.39 is 0 Å². The third kappa shape index (κ3) is 3.92. The molecule has 0 unspecified atom stereocenters. The molecule has 1 N–H and O–H groups in total. The quantitative estimate of drug-likeness (QED) is 0.419. The molecule has 2 aliphatic heterocycles. The Kier molecular flexibility index (Phi) is 6.03. The summed E-state index contributed by atoms with van der Waals surface area (Å²) in [5.41, 5.74) is 1.55. The van der Waals surface area contributed by atoms with E-state index in [1.165, 1.54) is 21.1 Å². The number of thioether (sulfide) groups is 1. The van der Waals surface area contributed by atoms with Crippen LogP contribution >= 0.6 is 24.0 Å². The number of anilines is 1. The third-order valence-corrected chi connectivity index (χ3v) is 6.44. The van der Waals surface area contributed by atoms with Gasteiger partial charge in [-0.2, -0.15) is 0 Å². The van der Waals surface area contributed by atoms with Gasteiger partial charge in [-0.05, 0) is 37.5 Å². The van der Waals surface area contributed by atoms with Gasteiger partial charge in [0.05, 0.1) is 16.6 Å². The molecule has 0 saturated carbocycles. The Balaban J connectivity index is 1.78. The van der Waals surface area contributed by atoms with E-state index >= 15 is 0 Å². The monoisotopic (exact) mass is 442 g/mol. The predicted molar refractivity (Wildman–Crippen MR) is 124 cm³/mol. The van der Waals surface area contributed by atoms with E-state index in [4.69, 9.17) is 21.9 Å². The molecule has 0 aromatic carbocycles. The lowest BCUT2D eigenvalue weighted by Crippen LogP contribution is -2.28. The van der Waals surface area contributed by atoms with Crippen molar-refractivity contribution in [1.82, 2.24) is 14.3 Å². The predicted octanol–water partition coefficient (Wildman–Crippen LogP) is 2.98. The number of ether oxygens (including phenoxy) is 1. The molecule has 2 saturated heterocycles. The van der Waals surface area contributed by atoms with Crippen LogP contribution in [-0.4, -0.2) is 50.3 Å². The largest absolute Gasteiger partial charge is 0.376 e. The lowest BCUT2D eigenvalue weighted by atomic mass is 10.2. The number of fused-ring (bicyclic) bond motifs is 1. The van der Waals surface area contributed by atoms with Crippen molar-refractivity contribution >= 4 is 51.7 Å². The topological polar surface area (TPSA) is 75.9 Å². The Bertz CT molecular complexity index is 1120. The van der Waals surface area contributed by atoms with Gasteiger partial charge in [-0.15, -0.1) is 6.58 Å². The molecule has 0 radical (unpaired) electrons. The Hall–Kier alpha value is -2.49. The van der Waals surface area contributed by atoms with E-state index in [-0.39, 0.29) is 17.6 Å². The summed E-state index contributed by atoms with van der Waals surface area (Å²) in [6.07, 6.45) is 6.97. The summed E-state index contributed by atoms with van der Waals surface area (Å²) in [4.78, 5) is 32.6. The minimum Gasteiger partial charge on any atom is -0.376 e. The second-order valence-electron chi connectivity index (χ2n) is 7.16. The second-order valence-corrected chi connectivity index (χ2v) is 8.84. The maximum Gasteiger partial charge on any atom is 0.267 e. The van der Waals surface area contributed by atoms with Crippen molar-refractivity contribution in [3.8, 4) is 0 Å². The van der Waals surface area contributed by atoms with Crippen molar-refractivity contribution in [3.63, 3.8) is 0 Å². The Morgan fingerprint density at radius 1 is 1.47 bits per heavy atom. The van der Waals surface area contributed by atoms with Gasteiger partial charge in [-0.25, -0.2) is 4.98 Å². The Labute approximate surface area is 183 Å². The first-order valence-electron chi connectivity index (χ1n) is 9.73. The van der Waals surface area contributed by atoms with Gasteiger partial charge in [0.2, 0.25) is 0 Å². The highest BCUT2D eigenvalue weighted by atomic mass is 32.2. The van der Waals surface area contributed by atoms with Gasteiger partial charge in [0.15, 0.2) is 0 Å². The van der Waals surface area contributed by atoms with Crippen LogP contribution in [0.4, 0.5) is 5.82 Å². The number of hydrogen-bond acceptors (Lipinski definition) is 7. The number of nitrogens with zero attached hydrogens (tertiary/aromatic N) is 3. The summed E-state index contributed by atoms with van der Waals surface area (Å²) < 4.78 is 7.63. The molecule has 30 heavy (non-hydrogen) atoms. The summed E-state index contributed by atoms with van der Waals surface area (Å²) in [5.74, 6) is 0.211. The van der Waals surface area contributed by atoms with Gasteiger partial charge in [0.25, 0.3) is 11.5 Å². The lowest BCUT2D eigenvalue weighted by Gasteiger charge is -2.15. The van der Waals surface area contributed by atoms with Crippen molar-refractivity contribution in [2.24, 2.45) is 0 Å². The van der Waals surface area contributed by atoms with Gasteiger partial charge >= 0.3 is 0 Å². The standard InChI is InChI=1S/C21H22N4O3S2/c1-3-8-25-20(27)16(30-21(25)29)11-15-17(22-12-14-7-5-10-28-14)23-18-13(2)6-4-9-24(18)19(15)26/h3-4,6,9,11,14,22H,1,5,7-8,10,12H2,2H3/b16-11-/t14-/m1/s1. The van der Waals surface area contributed by atoms with Crippen molar-refractivity contribution < 1.29 is 9.53 Å². The lowest BCUT2D eigenvalue weighted by molar-refractivity contribution is -0.121. The van der Waals surface area contributed by atoms with E-state index in [1.807, 2.05) is 13.0 Å². The highest BCUT2D eigenvalue weighted by Crippen LogP contribution is 2.33. The molecule has 1 amide bonds. The number of aryl methyl sites for hydroxylation is 1.